The van der Waals surface area contributed by atoms with E-state index in [1.165, 1.54) is 10.4 Å². The summed E-state index contributed by atoms with van der Waals surface area (Å²) in [7, 11) is 0. The van der Waals surface area contributed by atoms with Crippen molar-refractivity contribution in [2.24, 2.45) is 0 Å². The van der Waals surface area contributed by atoms with Crippen LogP contribution in [0.1, 0.15) is 23.5 Å². The van der Waals surface area contributed by atoms with Crippen LogP contribution in [0.3, 0.4) is 0 Å². The maximum absolute atomic E-state index is 5.21. The molecule has 0 bridgehead atoms. The quantitative estimate of drug-likeness (QED) is 0.596. The van der Waals surface area contributed by atoms with Crippen molar-refractivity contribution in [1.29, 1.82) is 0 Å². The van der Waals surface area contributed by atoms with Crippen LogP contribution in [-0.4, -0.2) is 6.61 Å². The van der Waals surface area contributed by atoms with Crippen LogP contribution in [0.2, 0.25) is 0 Å². The number of aryl methyl sites for hydroxylation is 1. The minimum absolute atomic E-state index is 0.454. The second-order valence-corrected chi connectivity index (χ2v) is 3.43. The summed E-state index contributed by atoms with van der Waals surface area (Å²) in [5, 5.41) is 2.15. The van der Waals surface area contributed by atoms with E-state index in [4.69, 9.17) is 4.74 Å². The van der Waals surface area contributed by atoms with Gasteiger partial charge in [-0.25, -0.2) is 0 Å². The minimum Gasteiger partial charge on any atom is -0.367 e. The normalized spacial score (nSPS) is 23.1. The lowest BCUT2D eigenvalue weighted by atomic mass is 10.2. The van der Waals surface area contributed by atoms with Gasteiger partial charge >= 0.3 is 0 Å². The molecule has 1 aromatic rings. The Morgan fingerprint density at radius 2 is 2.60 bits per heavy atom. The molecule has 2 heteroatoms. The van der Waals surface area contributed by atoms with Crippen molar-refractivity contribution in [3.63, 3.8) is 0 Å². The van der Waals surface area contributed by atoms with Gasteiger partial charge in [-0.2, -0.15) is 0 Å². The Labute approximate surface area is 64.6 Å². The summed E-state index contributed by atoms with van der Waals surface area (Å²) < 4.78 is 5.21. The van der Waals surface area contributed by atoms with Gasteiger partial charge in [0.2, 0.25) is 0 Å². The summed E-state index contributed by atoms with van der Waals surface area (Å²) >= 11 is 1.82. The molecule has 0 spiro atoms. The molecule has 1 aromatic heterocycles. The number of ether oxygens (including phenoxy) is 1. The fraction of sp³-hybridized carbons (Fsp3) is 0.500. The van der Waals surface area contributed by atoms with Crippen LogP contribution in [0, 0.1) is 0 Å². The van der Waals surface area contributed by atoms with Crippen molar-refractivity contribution >= 4 is 11.3 Å². The van der Waals surface area contributed by atoms with Gasteiger partial charge in [0, 0.05) is 4.88 Å². The maximum Gasteiger partial charge on any atom is 0.115 e. The molecule has 54 valence electrons. The number of hydrogen-bond donors (Lipinski definition) is 0. The molecule has 1 aliphatic heterocycles. The smallest absolute Gasteiger partial charge is 0.115 e. The molecule has 1 saturated heterocycles. The van der Waals surface area contributed by atoms with Crippen molar-refractivity contribution in [2.45, 2.75) is 19.4 Å². The highest BCUT2D eigenvalue weighted by Gasteiger charge is 2.27. The molecule has 1 atom stereocenters. The molecule has 0 amide bonds. The van der Waals surface area contributed by atoms with Gasteiger partial charge in [-0.15, -0.1) is 11.3 Å². The lowest BCUT2D eigenvalue weighted by Crippen LogP contribution is -1.81. The number of hydrogen-bond acceptors (Lipinski definition) is 2. The lowest BCUT2D eigenvalue weighted by molar-refractivity contribution is 0.417. The molecule has 0 saturated carbocycles. The van der Waals surface area contributed by atoms with E-state index in [0.29, 0.717) is 6.10 Å². The highest BCUT2D eigenvalue weighted by molar-refractivity contribution is 7.10. The van der Waals surface area contributed by atoms with Gasteiger partial charge in [0.15, 0.2) is 0 Å². The Morgan fingerprint density at radius 1 is 1.80 bits per heavy atom. The summed E-state index contributed by atoms with van der Waals surface area (Å²) in [6.45, 7) is 3.13. The van der Waals surface area contributed by atoms with Crippen LogP contribution >= 0.6 is 11.3 Å². The van der Waals surface area contributed by atoms with Gasteiger partial charge in [0.25, 0.3) is 0 Å². The van der Waals surface area contributed by atoms with Gasteiger partial charge in [-0.1, -0.05) is 6.92 Å². The Balaban J connectivity index is 2.28. The fourth-order valence-electron chi connectivity index (χ4n) is 1.12. The summed E-state index contributed by atoms with van der Waals surface area (Å²) in [5.41, 5.74) is 1.47. The number of rotatable bonds is 2. The molecule has 0 aliphatic carbocycles. The second kappa shape index (κ2) is 2.36. The Bertz CT molecular complexity index is 225. The van der Waals surface area contributed by atoms with Gasteiger partial charge in [0.05, 0.1) is 6.61 Å². The van der Waals surface area contributed by atoms with Crippen LogP contribution in [0.25, 0.3) is 0 Å². The average Bonchev–Trinajstić information content (AvgIpc) is 2.69. The highest BCUT2D eigenvalue weighted by atomic mass is 32.1. The van der Waals surface area contributed by atoms with Crippen LogP contribution < -0.4 is 0 Å². The van der Waals surface area contributed by atoms with Crippen LogP contribution in [0.15, 0.2) is 11.4 Å². The van der Waals surface area contributed by atoms with E-state index in [1.807, 2.05) is 11.3 Å². The largest absolute Gasteiger partial charge is 0.367 e. The molecule has 1 nitrogen and oxygen atoms in total. The van der Waals surface area contributed by atoms with Crippen LogP contribution in [-0.2, 0) is 11.2 Å². The van der Waals surface area contributed by atoms with Crippen molar-refractivity contribution in [3.8, 4) is 0 Å². The van der Waals surface area contributed by atoms with Gasteiger partial charge < -0.3 is 4.74 Å². The predicted octanol–water partition coefficient (Wildman–Crippen LogP) is 2.38. The standard InChI is InChI=1S/C8H10OS/c1-2-6-3-4-10-8(6)7-5-9-7/h3-4,7H,2,5H2,1H3/t7-/m1/s1. The molecule has 1 fully saturated rings. The Kier molecular flexibility index (Phi) is 1.51. The van der Waals surface area contributed by atoms with Crippen molar-refractivity contribution in [2.75, 3.05) is 6.61 Å². The average molecular weight is 154 g/mol. The molecular weight excluding hydrogens is 144 g/mol. The first-order valence-electron chi connectivity index (χ1n) is 3.59. The third-order valence-corrected chi connectivity index (χ3v) is 2.84. The number of epoxide rings is 1. The van der Waals surface area contributed by atoms with Gasteiger partial charge in [-0.05, 0) is 23.4 Å². The maximum atomic E-state index is 5.21. The van der Waals surface area contributed by atoms with Crippen LogP contribution in [0.5, 0.6) is 0 Å². The molecular formula is C8H10OS. The van der Waals surface area contributed by atoms with E-state index >= 15 is 0 Å². The third kappa shape index (κ3) is 0.976. The topological polar surface area (TPSA) is 12.5 Å². The molecule has 0 N–H and O–H groups in total. The first-order chi connectivity index (χ1) is 4.92. The van der Waals surface area contributed by atoms with Gasteiger partial charge in [-0.3, -0.25) is 0 Å². The molecule has 0 radical (unpaired) electrons. The minimum atomic E-state index is 0.454. The molecule has 0 unspecified atom stereocenters. The summed E-state index contributed by atoms with van der Waals surface area (Å²) in [4.78, 5) is 1.45. The van der Waals surface area contributed by atoms with Crippen molar-refractivity contribution in [1.82, 2.24) is 0 Å². The fourth-order valence-corrected chi connectivity index (χ4v) is 2.15. The summed E-state index contributed by atoms with van der Waals surface area (Å²) in [6.07, 6.45) is 1.59. The lowest BCUT2D eigenvalue weighted by Gasteiger charge is -1.93. The molecule has 1 aliphatic rings. The van der Waals surface area contributed by atoms with E-state index < -0.39 is 0 Å². The molecule has 2 heterocycles. The predicted molar refractivity (Wildman–Crippen MR) is 42.4 cm³/mol. The van der Waals surface area contributed by atoms with Crippen LogP contribution in [0.4, 0.5) is 0 Å². The molecule has 0 aromatic carbocycles. The zero-order valence-corrected chi connectivity index (χ0v) is 6.78. The van der Waals surface area contributed by atoms with Crippen molar-refractivity contribution < 1.29 is 4.74 Å². The molecule has 10 heavy (non-hydrogen) atoms. The number of thiophene rings is 1. The van der Waals surface area contributed by atoms with E-state index in [0.717, 1.165) is 13.0 Å². The van der Waals surface area contributed by atoms with E-state index in [1.54, 1.807) is 0 Å². The van der Waals surface area contributed by atoms with E-state index in [-0.39, 0.29) is 0 Å². The van der Waals surface area contributed by atoms with Gasteiger partial charge in [0.1, 0.15) is 6.10 Å². The van der Waals surface area contributed by atoms with E-state index in [9.17, 15) is 0 Å². The van der Waals surface area contributed by atoms with E-state index in [2.05, 4.69) is 18.4 Å². The zero-order chi connectivity index (χ0) is 6.97. The monoisotopic (exact) mass is 154 g/mol. The zero-order valence-electron chi connectivity index (χ0n) is 5.96. The SMILES string of the molecule is CCc1ccsc1[C@H]1CO1. The summed E-state index contributed by atoms with van der Waals surface area (Å²) in [6, 6.07) is 2.20. The highest BCUT2D eigenvalue weighted by Crippen LogP contribution is 2.36. The first kappa shape index (κ1) is 6.38. The van der Waals surface area contributed by atoms with Crippen molar-refractivity contribution in [3.05, 3.63) is 21.9 Å². The summed E-state index contributed by atoms with van der Waals surface area (Å²) in [5.74, 6) is 0. The second-order valence-electron chi connectivity index (χ2n) is 2.49. The molecule has 2 rings (SSSR count). The third-order valence-electron chi connectivity index (χ3n) is 1.79. The first-order valence-corrected chi connectivity index (χ1v) is 4.47. The Hall–Kier alpha value is -0.340. The Morgan fingerprint density at radius 3 is 3.20 bits per heavy atom.